The molecule has 2 aliphatic heterocycles. The number of halogens is 1. The minimum atomic E-state index is -0.348. The van der Waals surface area contributed by atoms with E-state index in [2.05, 4.69) is 15.2 Å². The zero-order valence-corrected chi connectivity index (χ0v) is 18.4. The zero-order valence-electron chi connectivity index (χ0n) is 18.4. The molecule has 0 saturated heterocycles. The third-order valence-electron chi connectivity index (χ3n) is 6.03. The number of nitrogen functional groups attached to an aromatic ring is 1. The summed E-state index contributed by atoms with van der Waals surface area (Å²) in [4.78, 5) is 13.1. The third kappa shape index (κ3) is 3.35. The summed E-state index contributed by atoms with van der Waals surface area (Å²) in [5, 5.41) is 7.10. The molecule has 3 N–H and O–H groups in total. The number of ether oxygens (including phenoxy) is 2. The van der Waals surface area contributed by atoms with Crippen LogP contribution in [0.5, 0.6) is 11.5 Å². The van der Waals surface area contributed by atoms with Gasteiger partial charge in [-0.1, -0.05) is 24.3 Å². The first kappa shape index (κ1) is 20.3. The van der Waals surface area contributed by atoms with Gasteiger partial charge in [0.25, 0.3) is 0 Å². The van der Waals surface area contributed by atoms with Gasteiger partial charge >= 0.3 is 0 Å². The van der Waals surface area contributed by atoms with Gasteiger partial charge in [0.05, 0.1) is 30.0 Å². The van der Waals surface area contributed by atoms with Crippen molar-refractivity contribution in [1.82, 2.24) is 20.2 Å². The highest BCUT2D eigenvalue weighted by Crippen LogP contribution is 2.43. The Kier molecular flexibility index (Phi) is 4.72. The monoisotopic (exact) mass is 459 g/mol. The highest BCUT2D eigenvalue weighted by atomic mass is 19.1. The van der Waals surface area contributed by atoms with Gasteiger partial charge in [-0.15, -0.1) is 0 Å². The molecule has 34 heavy (non-hydrogen) atoms. The number of fused-ring (bicyclic) bond motifs is 4. The van der Waals surface area contributed by atoms with Gasteiger partial charge in [-0.05, 0) is 24.3 Å². The molecule has 2 aromatic heterocycles. The molecule has 4 aromatic rings. The van der Waals surface area contributed by atoms with Crippen LogP contribution in [0.15, 0.2) is 54.7 Å². The summed E-state index contributed by atoms with van der Waals surface area (Å²) in [6.45, 7) is 1.27. The van der Waals surface area contributed by atoms with Gasteiger partial charge in [-0.25, -0.2) is 9.37 Å². The summed E-state index contributed by atoms with van der Waals surface area (Å²) in [5.74, 6) is 2.54. The number of rotatable bonds is 4. The molecule has 10 heteroatoms. The fourth-order valence-corrected chi connectivity index (χ4v) is 4.33. The van der Waals surface area contributed by atoms with E-state index in [1.807, 2.05) is 36.2 Å². The molecule has 172 valence electrons. The average Bonchev–Trinajstić information content (AvgIpc) is 3.24. The minimum Gasteiger partial charge on any atom is -0.486 e. The molecule has 0 saturated carbocycles. The smallest absolute Gasteiger partial charge is 0.227 e. The Morgan fingerprint density at radius 1 is 1.18 bits per heavy atom. The number of benzene rings is 2. The number of para-hydroxylation sites is 3. The Hall–Kier alpha value is -4.34. The fourth-order valence-electron chi connectivity index (χ4n) is 4.33. The van der Waals surface area contributed by atoms with Crippen LogP contribution < -0.4 is 25.0 Å². The van der Waals surface area contributed by atoms with Gasteiger partial charge in [-0.3, -0.25) is 5.10 Å². The molecule has 0 fully saturated rings. The summed E-state index contributed by atoms with van der Waals surface area (Å²) in [6.07, 6.45) is 1.52. The van der Waals surface area contributed by atoms with Crippen molar-refractivity contribution >= 4 is 23.3 Å². The van der Waals surface area contributed by atoms with E-state index in [0.717, 1.165) is 17.0 Å². The van der Waals surface area contributed by atoms with Crippen LogP contribution in [0.3, 0.4) is 0 Å². The van der Waals surface area contributed by atoms with Crippen molar-refractivity contribution in [3.63, 3.8) is 0 Å². The Morgan fingerprint density at radius 3 is 2.82 bits per heavy atom. The maximum atomic E-state index is 14.8. The number of likely N-dealkylation sites (N-methyl/N-ethyl adjacent to an activating group) is 1. The van der Waals surface area contributed by atoms with E-state index in [9.17, 15) is 4.39 Å². The number of nitrogens with one attached hydrogen (secondary N) is 1. The topological polar surface area (TPSA) is 105 Å². The van der Waals surface area contributed by atoms with Gasteiger partial charge in [0.2, 0.25) is 5.95 Å². The number of nitrogens with zero attached hydrogens (tertiary/aromatic N) is 5. The molecule has 2 aromatic carbocycles. The Bertz CT molecular complexity index is 1380. The lowest BCUT2D eigenvalue weighted by atomic mass is 10.0. The lowest BCUT2D eigenvalue weighted by Gasteiger charge is -2.32. The van der Waals surface area contributed by atoms with Gasteiger partial charge in [0.1, 0.15) is 18.2 Å². The van der Waals surface area contributed by atoms with Crippen LogP contribution in [-0.4, -0.2) is 46.5 Å². The second-order valence-electron chi connectivity index (χ2n) is 8.29. The van der Waals surface area contributed by atoms with Crippen molar-refractivity contribution in [2.45, 2.75) is 12.6 Å². The summed E-state index contributed by atoms with van der Waals surface area (Å²) < 4.78 is 26.7. The van der Waals surface area contributed by atoms with Crippen LogP contribution in [0.2, 0.25) is 0 Å². The molecule has 0 radical (unpaired) electrons. The number of aromatic nitrogens is 4. The lowest BCUT2D eigenvalue weighted by molar-refractivity contribution is 0.0958. The molecule has 0 amide bonds. The molecule has 0 bridgehead atoms. The van der Waals surface area contributed by atoms with Crippen molar-refractivity contribution in [1.29, 1.82) is 0 Å². The quantitative estimate of drug-likeness (QED) is 0.478. The van der Waals surface area contributed by atoms with Crippen LogP contribution in [0.4, 0.5) is 27.7 Å². The molecular weight excluding hydrogens is 437 g/mol. The number of anilines is 4. The number of H-pyrrole nitrogens is 1. The number of nitrogens with two attached hydrogens (primary N) is 1. The maximum Gasteiger partial charge on any atom is 0.227 e. The van der Waals surface area contributed by atoms with Crippen LogP contribution in [0.25, 0.3) is 11.3 Å². The Balaban J connectivity index is 1.33. The van der Waals surface area contributed by atoms with E-state index >= 15 is 0 Å². The van der Waals surface area contributed by atoms with Gasteiger partial charge in [-0.2, -0.15) is 10.1 Å². The molecule has 2 aliphatic rings. The second-order valence-corrected chi connectivity index (χ2v) is 8.29. The SMILES string of the molecule is CN(CC1COc2ccccc2O1)c1ncc2c(n1)N(c1ccccc1F)Cc1c(N)n[nH]c1-2. The van der Waals surface area contributed by atoms with Crippen LogP contribution in [0.1, 0.15) is 5.56 Å². The van der Waals surface area contributed by atoms with Crippen LogP contribution in [0, 0.1) is 5.82 Å². The maximum absolute atomic E-state index is 14.8. The van der Waals surface area contributed by atoms with Crippen LogP contribution >= 0.6 is 0 Å². The van der Waals surface area contributed by atoms with Gasteiger partial charge in [0.15, 0.2) is 23.4 Å². The number of hydrogen-bond donors (Lipinski definition) is 2. The van der Waals surface area contributed by atoms with E-state index in [0.29, 0.717) is 54.3 Å². The van der Waals surface area contributed by atoms with E-state index in [4.69, 9.17) is 20.2 Å². The number of hydrogen-bond acceptors (Lipinski definition) is 8. The first-order valence-corrected chi connectivity index (χ1v) is 10.9. The van der Waals surface area contributed by atoms with Crippen LogP contribution in [-0.2, 0) is 6.54 Å². The van der Waals surface area contributed by atoms with Crippen molar-refractivity contribution in [3.8, 4) is 22.8 Å². The third-order valence-corrected chi connectivity index (χ3v) is 6.03. The molecule has 1 unspecified atom stereocenters. The Morgan fingerprint density at radius 2 is 1.97 bits per heavy atom. The molecule has 6 rings (SSSR count). The standard InChI is InChI=1S/C24H22FN7O2/c1-31(11-14-13-33-19-8-4-5-9-20(19)34-14)24-27-10-15-21-16(22(26)30-29-21)12-32(23(15)28-24)18-7-3-2-6-17(18)25/h2-10,14H,11-13H2,1H3,(H3,26,29,30). The second kappa shape index (κ2) is 7.91. The largest absolute Gasteiger partial charge is 0.486 e. The zero-order chi connectivity index (χ0) is 23.2. The first-order valence-electron chi connectivity index (χ1n) is 10.9. The lowest BCUT2D eigenvalue weighted by Crippen LogP contribution is -2.40. The van der Waals surface area contributed by atoms with Crippen molar-refractivity contribution in [2.24, 2.45) is 0 Å². The molecule has 4 heterocycles. The predicted octanol–water partition coefficient (Wildman–Crippen LogP) is 3.52. The van der Waals surface area contributed by atoms with Gasteiger partial charge < -0.3 is 25.0 Å². The minimum absolute atomic E-state index is 0.193. The highest BCUT2D eigenvalue weighted by Gasteiger charge is 2.31. The molecule has 1 atom stereocenters. The van der Waals surface area contributed by atoms with Crippen molar-refractivity contribution < 1.29 is 13.9 Å². The predicted molar refractivity (Wildman–Crippen MR) is 126 cm³/mol. The van der Waals surface area contributed by atoms with Crippen molar-refractivity contribution in [2.75, 3.05) is 35.7 Å². The van der Waals surface area contributed by atoms with E-state index in [1.165, 1.54) is 6.07 Å². The summed E-state index contributed by atoms with van der Waals surface area (Å²) >= 11 is 0. The average molecular weight is 459 g/mol. The van der Waals surface area contributed by atoms with E-state index < -0.39 is 0 Å². The summed E-state index contributed by atoms with van der Waals surface area (Å²) in [6, 6.07) is 14.2. The molecule has 0 aliphatic carbocycles. The highest BCUT2D eigenvalue weighted by molar-refractivity contribution is 5.85. The molecular formula is C24H22FN7O2. The first-order chi connectivity index (χ1) is 16.6. The van der Waals surface area contributed by atoms with E-state index in [1.54, 1.807) is 29.3 Å². The molecule has 0 spiro atoms. The normalized spacial score (nSPS) is 16.1. The summed E-state index contributed by atoms with van der Waals surface area (Å²) in [5.41, 5.74) is 8.72. The number of aromatic amines is 1. The van der Waals surface area contributed by atoms with E-state index in [-0.39, 0.29) is 11.9 Å². The fraction of sp³-hybridized carbons (Fsp3) is 0.208. The van der Waals surface area contributed by atoms with Crippen molar-refractivity contribution in [3.05, 3.63) is 66.1 Å². The summed E-state index contributed by atoms with van der Waals surface area (Å²) in [7, 11) is 1.89. The molecule has 9 nitrogen and oxygen atoms in total. The Labute approximate surface area is 195 Å². The van der Waals surface area contributed by atoms with Gasteiger partial charge in [0, 0.05) is 18.8 Å².